The van der Waals surface area contributed by atoms with Crippen LogP contribution < -0.4 is 5.32 Å². The van der Waals surface area contributed by atoms with Gasteiger partial charge in [0.25, 0.3) is 0 Å². The molecule has 0 saturated carbocycles. The van der Waals surface area contributed by atoms with Gasteiger partial charge in [-0.15, -0.1) is 0 Å². The highest BCUT2D eigenvalue weighted by Crippen LogP contribution is 2.13. The standard InChI is InChI=1S/C17H25NO6/c1-17(2,11-19)12-23-10-14(15(20)22-3)18-16(21)24-9-13-7-5-4-6-8-13/h4-8,14,19H,9-12H2,1-3H3,(H,18,21)/t14-/m0/s1. The summed E-state index contributed by atoms with van der Waals surface area (Å²) in [6, 6.07) is 8.21. The van der Waals surface area contributed by atoms with Crippen molar-refractivity contribution in [2.45, 2.75) is 26.5 Å². The third-order valence-corrected chi connectivity index (χ3v) is 3.20. The molecule has 0 heterocycles. The van der Waals surface area contributed by atoms with E-state index < -0.39 is 23.5 Å². The van der Waals surface area contributed by atoms with E-state index in [1.807, 2.05) is 44.2 Å². The molecule has 2 N–H and O–H groups in total. The second-order valence-electron chi connectivity index (χ2n) is 6.12. The Morgan fingerprint density at radius 1 is 1.25 bits per heavy atom. The van der Waals surface area contributed by atoms with Crippen molar-refractivity contribution in [3.8, 4) is 0 Å². The first kappa shape index (κ1) is 19.9. The summed E-state index contributed by atoms with van der Waals surface area (Å²) in [7, 11) is 1.23. The van der Waals surface area contributed by atoms with Crippen molar-refractivity contribution in [3.63, 3.8) is 0 Å². The Morgan fingerprint density at radius 3 is 2.50 bits per heavy atom. The van der Waals surface area contributed by atoms with Gasteiger partial charge in [0.05, 0.1) is 26.9 Å². The summed E-state index contributed by atoms with van der Waals surface area (Å²) in [5, 5.41) is 11.6. The van der Waals surface area contributed by atoms with E-state index in [1.54, 1.807) is 0 Å². The molecule has 0 unspecified atom stereocenters. The van der Waals surface area contributed by atoms with E-state index >= 15 is 0 Å². The van der Waals surface area contributed by atoms with Crippen LogP contribution in [0.4, 0.5) is 4.79 Å². The summed E-state index contributed by atoms with van der Waals surface area (Å²) in [5.41, 5.74) is 0.400. The van der Waals surface area contributed by atoms with Crippen molar-refractivity contribution in [3.05, 3.63) is 35.9 Å². The van der Waals surface area contributed by atoms with Gasteiger partial charge in [0.15, 0.2) is 6.04 Å². The average molecular weight is 339 g/mol. The van der Waals surface area contributed by atoms with E-state index in [0.717, 1.165) is 5.56 Å². The van der Waals surface area contributed by atoms with Crippen LogP contribution in [0.15, 0.2) is 30.3 Å². The number of aliphatic hydroxyl groups is 1. The molecule has 0 spiro atoms. The predicted molar refractivity (Wildman–Crippen MR) is 87.3 cm³/mol. The van der Waals surface area contributed by atoms with Crippen molar-refractivity contribution in [1.29, 1.82) is 0 Å². The van der Waals surface area contributed by atoms with E-state index in [1.165, 1.54) is 7.11 Å². The SMILES string of the molecule is COC(=O)[C@H](COCC(C)(C)CO)NC(=O)OCc1ccccc1. The molecule has 0 aliphatic rings. The number of nitrogens with one attached hydrogen (secondary N) is 1. The summed E-state index contributed by atoms with van der Waals surface area (Å²) >= 11 is 0. The molecule has 1 aromatic rings. The van der Waals surface area contributed by atoms with E-state index in [9.17, 15) is 14.7 Å². The molecule has 1 rings (SSSR count). The first-order valence-electron chi connectivity index (χ1n) is 7.61. The Kier molecular flexibility index (Phi) is 8.21. The van der Waals surface area contributed by atoms with Gasteiger partial charge in [-0.1, -0.05) is 44.2 Å². The first-order valence-corrected chi connectivity index (χ1v) is 7.61. The van der Waals surface area contributed by atoms with Gasteiger partial charge in [-0.05, 0) is 5.56 Å². The van der Waals surface area contributed by atoms with Crippen LogP contribution >= 0.6 is 0 Å². The van der Waals surface area contributed by atoms with Crippen LogP contribution in [0.1, 0.15) is 19.4 Å². The summed E-state index contributed by atoms with van der Waals surface area (Å²) in [6.07, 6.45) is -0.737. The maximum Gasteiger partial charge on any atom is 0.408 e. The fourth-order valence-electron chi connectivity index (χ4n) is 1.72. The highest BCUT2D eigenvalue weighted by atomic mass is 16.6. The largest absolute Gasteiger partial charge is 0.467 e. The van der Waals surface area contributed by atoms with E-state index in [4.69, 9.17) is 9.47 Å². The molecule has 134 valence electrons. The van der Waals surface area contributed by atoms with Crippen molar-refractivity contribution < 1.29 is 28.9 Å². The average Bonchev–Trinajstić information content (AvgIpc) is 2.59. The van der Waals surface area contributed by atoms with E-state index in [-0.39, 0.29) is 26.4 Å². The minimum Gasteiger partial charge on any atom is -0.467 e. The lowest BCUT2D eigenvalue weighted by molar-refractivity contribution is -0.145. The maximum atomic E-state index is 11.8. The lowest BCUT2D eigenvalue weighted by atomic mass is 9.97. The molecule has 0 aromatic heterocycles. The molecule has 7 nitrogen and oxygen atoms in total. The van der Waals surface area contributed by atoms with Gasteiger partial charge in [-0.2, -0.15) is 0 Å². The summed E-state index contributed by atoms with van der Waals surface area (Å²) in [4.78, 5) is 23.6. The highest BCUT2D eigenvalue weighted by Gasteiger charge is 2.24. The lowest BCUT2D eigenvalue weighted by Crippen LogP contribution is -2.45. The zero-order valence-corrected chi connectivity index (χ0v) is 14.3. The van der Waals surface area contributed by atoms with Crippen LogP contribution in [-0.4, -0.2) is 50.1 Å². The van der Waals surface area contributed by atoms with Crippen molar-refractivity contribution >= 4 is 12.1 Å². The minimum absolute atomic E-state index is 0.0531. The number of carbonyl (C=O) groups is 2. The number of ether oxygens (including phenoxy) is 3. The van der Waals surface area contributed by atoms with Gasteiger partial charge in [0.2, 0.25) is 0 Å². The Hall–Kier alpha value is -2.12. The Morgan fingerprint density at radius 2 is 1.92 bits per heavy atom. The number of hydrogen-bond donors (Lipinski definition) is 2. The van der Waals surface area contributed by atoms with Crippen LogP contribution in [0, 0.1) is 5.41 Å². The molecule has 0 aliphatic heterocycles. The Labute approximate surface area is 141 Å². The van der Waals surface area contributed by atoms with E-state index in [0.29, 0.717) is 0 Å². The van der Waals surface area contributed by atoms with Gasteiger partial charge < -0.3 is 24.6 Å². The molecular formula is C17H25NO6. The van der Waals surface area contributed by atoms with Gasteiger partial charge in [0.1, 0.15) is 6.61 Å². The number of hydrogen-bond acceptors (Lipinski definition) is 6. The molecule has 24 heavy (non-hydrogen) atoms. The second-order valence-corrected chi connectivity index (χ2v) is 6.12. The topological polar surface area (TPSA) is 94.1 Å². The molecule has 1 aromatic carbocycles. The number of carbonyl (C=O) groups excluding carboxylic acids is 2. The normalized spacial score (nSPS) is 12.3. The third-order valence-electron chi connectivity index (χ3n) is 3.20. The summed E-state index contributed by atoms with van der Waals surface area (Å²) in [6.45, 7) is 3.85. The number of aliphatic hydroxyl groups excluding tert-OH is 1. The van der Waals surface area contributed by atoms with Crippen LogP contribution in [0.25, 0.3) is 0 Å². The van der Waals surface area contributed by atoms with Gasteiger partial charge in [-0.3, -0.25) is 0 Å². The summed E-state index contributed by atoms with van der Waals surface area (Å²) < 4.78 is 15.1. The smallest absolute Gasteiger partial charge is 0.408 e. The zero-order chi connectivity index (χ0) is 18.0. The minimum atomic E-state index is -0.979. The number of alkyl carbamates (subject to hydrolysis) is 1. The van der Waals surface area contributed by atoms with Crippen LogP contribution in [0.2, 0.25) is 0 Å². The van der Waals surface area contributed by atoms with E-state index in [2.05, 4.69) is 10.1 Å². The predicted octanol–water partition coefficient (Wildman–Crippen LogP) is 1.49. The third kappa shape index (κ3) is 7.43. The van der Waals surface area contributed by atoms with Crippen LogP contribution in [0.3, 0.4) is 0 Å². The second kappa shape index (κ2) is 9.89. The van der Waals surface area contributed by atoms with Crippen molar-refractivity contribution in [2.75, 3.05) is 26.9 Å². The monoisotopic (exact) mass is 339 g/mol. The summed E-state index contributed by atoms with van der Waals surface area (Å²) in [5.74, 6) is -0.631. The molecule has 0 radical (unpaired) electrons. The van der Waals surface area contributed by atoms with Crippen LogP contribution in [-0.2, 0) is 25.6 Å². The maximum absolute atomic E-state index is 11.8. The highest BCUT2D eigenvalue weighted by molar-refractivity contribution is 5.81. The fourth-order valence-corrected chi connectivity index (χ4v) is 1.72. The number of benzene rings is 1. The van der Waals surface area contributed by atoms with Crippen LogP contribution in [0.5, 0.6) is 0 Å². The molecule has 0 fully saturated rings. The van der Waals surface area contributed by atoms with Crippen molar-refractivity contribution in [1.82, 2.24) is 5.32 Å². The number of rotatable bonds is 9. The first-order chi connectivity index (χ1) is 11.4. The molecule has 0 bridgehead atoms. The Balaban J connectivity index is 2.46. The molecule has 1 atom stereocenters. The molecular weight excluding hydrogens is 314 g/mol. The number of esters is 1. The van der Waals surface area contributed by atoms with Gasteiger partial charge in [-0.25, -0.2) is 9.59 Å². The van der Waals surface area contributed by atoms with Gasteiger partial charge in [0, 0.05) is 5.41 Å². The van der Waals surface area contributed by atoms with Gasteiger partial charge >= 0.3 is 12.1 Å². The number of amides is 1. The Bertz CT molecular complexity index is 517. The molecule has 7 heteroatoms. The van der Waals surface area contributed by atoms with Crippen molar-refractivity contribution in [2.24, 2.45) is 5.41 Å². The molecule has 0 aliphatic carbocycles. The quantitative estimate of drug-likeness (QED) is 0.662. The zero-order valence-electron chi connectivity index (χ0n) is 14.3. The molecule has 0 saturated heterocycles. The fraction of sp³-hybridized carbons (Fsp3) is 0.529. The molecule has 1 amide bonds. The number of methoxy groups -OCH3 is 1. The lowest BCUT2D eigenvalue weighted by Gasteiger charge is -2.23.